The van der Waals surface area contributed by atoms with E-state index >= 15 is 0 Å². The number of aromatic nitrogens is 1. The lowest BCUT2D eigenvalue weighted by atomic mass is 9.95. The fraction of sp³-hybridized carbons (Fsp3) is 0.364. The Kier molecular flexibility index (Phi) is 5.17. The number of hydrogen-bond acceptors (Lipinski definition) is 3. The summed E-state index contributed by atoms with van der Waals surface area (Å²) >= 11 is 6.18. The lowest BCUT2D eigenvalue weighted by Gasteiger charge is -2.37. The summed E-state index contributed by atoms with van der Waals surface area (Å²) in [4.78, 5) is 19.7. The Bertz CT molecular complexity index is 886. The van der Waals surface area contributed by atoms with E-state index < -0.39 is 5.54 Å². The summed E-state index contributed by atoms with van der Waals surface area (Å²) in [5, 5.41) is 3.81. The zero-order valence-corrected chi connectivity index (χ0v) is 16.7. The molecule has 1 fully saturated rings. The molecule has 1 heterocycles. The van der Waals surface area contributed by atoms with Gasteiger partial charge in [0.05, 0.1) is 10.6 Å². The van der Waals surface area contributed by atoms with Gasteiger partial charge in [0.2, 0.25) is 0 Å². The molecule has 0 bridgehead atoms. The van der Waals surface area contributed by atoms with Gasteiger partial charge < -0.3 is 5.32 Å². The fourth-order valence-corrected chi connectivity index (χ4v) is 3.11. The first-order valence-corrected chi connectivity index (χ1v) is 9.51. The molecule has 0 radical (unpaired) electrons. The highest BCUT2D eigenvalue weighted by Gasteiger charge is 2.40. The first kappa shape index (κ1) is 19.3. The second kappa shape index (κ2) is 7.25. The Morgan fingerprint density at radius 1 is 1.41 bits per heavy atom. The summed E-state index contributed by atoms with van der Waals surface area (Å²) < 4.78 is 0. The number of rotatable bonds is 6. The molecule has 27 heavy (non-hydrogen) atoms. The molecule has 4 nitrogen and oxygen atoms in total. The number of nitrogens with one attached hydrogen (secondary N) is 1. The van der Waals surface area contributed by atoms with Gasteiger partial charge in [-0.3, -0.25) is 9.69 Å². The number of benzene rings is 1. The van der Waals surface area contributed by atoms with Crippen LogP contribution in [0.2, 0.25) is 5.02 Å². The average Bonchev–Trinajstić information content (AvgIpc) is 3.40. The minimum absolute atomic E-state index is 0.0202. The van der Waals surface area contributed by atoms with Crippen molar-refractivity contribution in [1.29, 1.82) is 0 Å². The Balaban J connectivity index is 2.10. The maximum atomic E-state index is 13.7. The van der Waals surface area contributed by atoms with Gasteiger partial charge in [0.15, 0.2) is 0 Å². The Morgan fingerprint density at radius 3 is 2.63 bits per heavy atom. The molecule has 1 aliphatic carbocycles. The van der Waals surface area contributed by atoms with E-state index in [2.05, 4.69) is 23.1 Å². The lowest BCUT2D eigenvalue weighted by molar-refractivity contribution is 0.0969. The smallest absolute Gasteiger partial charge is 0.263 e. The average molecular weight is 382 g/mol. The summed E-state index contributed by atoms with van der Waals surface area (Å²) in [7, 11) is 0. The monoisotopic (exact) mass is 381 g/mol. The summed E-state index contributed by atoms with van der Waals surface area (Å²) in [5.41, 5.74) is 0.373. The molecule has 1 atom stereocenters. The molecule has 1 N–H and O–H groups in total. The van der Waals surface area contributed by atoms with Gasteiger partial charge in [-0.2, -0.15) is 0 Å². The van der Waals surface area contributed by atoms with Crippen LogP contribution in [0.15, 0.2) is 42.6 Å². The van der Waals surface area contributed by atoms with Crippen LogP contribution < -0.4 is 10.2 Å². The van der Waals surface area contributed by atoms with Crippen molar-refractivity contribution in [3.05, 3.63) is 53.2 Å². The second-order valence-corrected chi connectivity index (χ2v) is 7.92. The van der Waals surface area contributed by atoms with Crippen LogP contribution in [0.4, 0.5) is 11.5 Å². The van der Waals surface area contributed by atoms with Crippen LogP contribution in [0.5, 0.6) is 0 Å². The number of anilines is 2. The van der Waals surface area contributed by atoms with E-state index in [4.69, 9.17) is 18.0 Å². The van der Waals surface area contributed by atoms with E-state index in [-0.39, 0.29) is 11.4 Å². The normalized spacial score (nSPS) is 16.7. The summed E-state index contributed by atoms with van der Waals surface area (Å²) in [5.74, 6) is 3.13. The molecular weight excluding hydrogens is 358 g/mol. The molecule has 140 valence electrons. The van der Waals surface area contributed by atoms with Gasteiger partial charge >= 0.3 is 0 Å². The van der Waals surface area contributed by atoms with E-state index in [9.17, 15) is 4.79 Å². The fourth-order valence-electron chi connectivity index (χ4n) is 2.95. The first-order chi connectivity index (χ1) is 12.8. The van der Waals surface area contributed by atoms with Crippen LogP contribution in [0.25, 0.3) is 0 Å². The van der Waals surface area contributed by atoms with Crippen LogP contribution in [0.1, 0.15) is 50.4 Å². The standard InChI is InChI=1S/C22H24ClN3O/c1-5-22(4,6-2)26(17-10-8-7-9-11-17)20(27)18-14-16(23)15-24-19(18)25-21(3)12-13-21/h1,7-11,14-15H,6,12-13H2,2-4H3,(H,24,25). The van der Waals surface area contributed by atoms with Crippen molar-refractivity contribution in [3.8, 4) is 12.3 Å². The molecule has 0 spiro atoms. The Morgan fingerprint density at radius 2 is 2.07 bits per heavy atom. The molecule has 1 amide bonds. The molecule has 1 unspecified atom stereocenters. The molecule has 3 rings (SSSR count). The van der Waals surface area contributed by atoms with Crippen molar-refractivity contribution >= 4 is 29.0 Å². The minimum atomic E-state index is -0.776. The maximum absolute atomic E-state index is 13.7. The molecule has 1 aromatic heterocycles. The van der Waals surface area contributed by atoms with Crippen molar-refractivity contribution in [1.82, 2.24) is 4.98 Å². The third kappa shape index (κ3) is 3.94. The van der Waals surface area contributed by atoms with Gasteiger partial charge in [0, 0.05) is 17.4 Å². The molecule has 1 aliphatic rings. The van der Waals surface area contributed by atoms with Gasteiger partial charge in [-0.25, -0.2) is 4.98 Å². The van der Waals surface area contributed by atoms with E-state index in [0.29, 0.717) is 22.8 Å². The van der Waals surface area contributed by atoms with Crippen molar-refractivity contribution in [2.45, 2.75) is 51.1 Å². The van der Waals surface area contributed by atoms with Crippen LogP contribution in [0.3, 0.4) is 0 Å². The van der Waals surface area contributed by atoms with Gasteiger partial charge in [-0.15, -0.1) is 6.42 Å². The molecular formula is C22H24ClN3O. The number of pyridine rings is 1. The molecule has 0 saturated heterocycles. The Labute approximate surface area is 165 Å². The number of halogens is 1. The number of carbonyl (C=O) groups excluding carboxylic acids is 1. The zero-order chi connectivity index (χ0) is 19.7. The van der Waals surface area contributed by atoms with E-state index in [0.717, 1.165) is 18.5 Å². The van der Waals surface area contributed by atoms with Gasteiger partial charge in [-0.1, -0.05) is 42.6 Å². The predicted molar refractivity (Wildman–Crippen MR) is 111 cm³/mol. The number of terminal acetylenes is 1. The zero-order valence-electron chi connectivity index (χ0n) is 15.9. The highest BCUT2D eigenvalue weighted by atomic mass is 35.5. The van der Waals surface area contributed by atoms with E-state index in [1.807, 2.05) is 44.2 Å². The number of hydrogen-bond donors (Lipinski definition) is 1. The molecule has 2 aromatic rings. The third-order valence-electron chi connectivity index (χ3n) is 5.22. The highest BCUT2D eigenvalue weighted by molar-refractivity contribution is 6.31. The van der Waals surface area contributed by atoms with Crippen LogP contribution in [0, 0.1) is 12.3 Å². The van der Waals surface area contributed by atoms with Crippen molar-refractivity contribution < 1.29 is 4.79 Å². The van der Waals surface area contributed by atoms with Crippen LogP contribution in [-0.4, -0.2) is 22.0 Å². The number of carbonyl (C=O) groups is 1. The second-order valence-electron chi connectivity index (χ2n) is 7.48. The van der Waals surface area contributed by atoms with Crippen LogP contribution in [-0.2, 0) is 0 Å². The summed E-state index contributed by atoms with van der Waals surface area (Å²) in [6.45, 7) is 5.99. The predicted octanol–water partition coefficient (Wildman–Crippen LogP) is 5.15. The highest BCUT2D eigenvalue weighted by Crippen LogP contribution is 2.39. The summed E-state index contributed by atoms with van der Waals surface area (Å²) in [6, 6.07) is 11.1. The summed E-state index contributed by atoms with van der Waals surface area (Å²) in [6.07, 6.45) is 10.1. The van der Waals surface area contributed by atoms with Crippen molar-refractivity contribution in [2.75, 3.05) is 10.2 Å². The number of para-hydroxylation sites is 1. The molecule has 1 aromatic carbocycles. The number of amides is 1. The lowest BCUT2D eigenvalue weighted by Crippen LogP contribution is -2.49. The molecule has 0 aliphatic heterocycles. The molecule has 5 heteroatoms. The SMILES string of the molecule is C#CC(C)(CC)N(C(=O)c1cc(Cl)cnc1NC1(C)CC1)c1ccccc1. The van der Waals surface area contributed by atoms with Crippen molar-refractivity contribution in [3.63, 3.8) is 0 Å². The van der Waals surface area contributed by atoms with Gasteiger partial charge in [-0.05, 0) is 51.3 Å². The topological polar surface area (TPSA) is 45.2 Å². The Hall–Kier alpha value is -2.51. The molecule has 1 saturated carbocycles. The van der Waals surface area contributed by atoms with E-state index in [1.54, 1.807) is 17.2 Å². The first-order valence-electron chi connectivity index (χ1n) is 9.13. The third-order valence-corrected chi connectivity index (χ3v) is 5.42. The van der Waals surface area contributed by atoms with Crippen LogP contribution >= 0.6 is 11.6 Å². The largest absolute Gasteiger partial charge is 0.364 e. The maximum Gasteiger partial charge on any atom is 0.263 e. The van der Waals surface area contributed by atoms with Gasteiger partial charge in [0.25, 0.3) is 5.91 Å². The van der Waals surface area contributed by atoms with Gasteiger partial charge in [0.1, 0.15) is 11.4 Å². The van der Waals surface area contributed by atoms with Crippen molar-refractivity contribution in [2.24, 2.45) is 0 Å². The quantitative estimate of drug-likeness (QED) is 0.704. The minimum Gasteiger partial charge on any atom is -0.364 e. The van der Waals surface area contributed by atoms with E-state index in [1.165, 1.54) is 0 Å². The number of nitrogens with zero attached hydrogens (tertiary/aromatic N) is 2.